The van der Waals surface area contributed by atoms with E-state index < -0.39 is 0 Å². The molecule has 2 aromatic carbocycles. The first-order chi connectivity index (χ1) is 14.8. The Balaban J connectivity index is 1.56. The monoisotopic (exact) mass is 404 g/mol. The number of guanidine groups is 1. The number of aromatic nitrogens is 3. The minimum Gasteiger partial charge on any atom is -0.355 e. The van der Waals surface area contributed by atoms with Gasteiger partial charge >= 0.3 is 0 Å². The standard InChI is InChI=1S/C24H32N6/c1-3-23-29-27-19-30(23)18-17-26-24(28-20(2)22-14-8-5-9-15-22)25-16-10-13-21-11-6-4-7-12-21/h4-9,11-12,14-15,19-20H,3,10,13,16-18H2,1-2H3,(H2,25,26,28). The van der Waals surface area contributed by atoms with Crippen LogP contribution < -0.4 is 10.6 Å². The number of aryl methyl sites for hydroxylation is 2. The van der Waals surface area contributed by atoms with Crippen LogP contribution in [0.3, 0.4) is 0 Å². The second-order valence-electron chi connectivity index (χ2n) is 7.32. The fourth-order valence-electron chi connectivity index (χ4n) is 3.34. The normalized spacial score (nSPS) is 12.5. The second kappa shape index (κ2) is 11.8. The smallest absolute Gasteiger partial charge is 0.191 e. The molecular weight excluding hydrogens is 372 g/mol. The molecular formula is C24H32N6. The minimum absolute atomic E-state index is 0.174. The van der Waals surface area contributed by atoms with E-state index in [1.807, 2.05) is 6.07 Å². The highest BCUT2D eigenvalue weighted by molar-refractivity contribution is 5.80. The summed E-state index contributed by atoms with van der Waals surface area (Å²) in [5.74, 6) is 1.84. The molecule has 0 aliphatic rings. The SMILES string of the molecule is CCc1nncn1CCNC(=NCCCc1ccccc1)NC(C)c1ccccc1. The number of benzene rings is 2. The van der Waals surface area contributed by atoms with E-state index in [0.29, 0.717) is 0 Å². The maximum atomic E-state index is 4.82. The number of nitrogens with one attached hydrogen (secondary N) is 2. The van der Waals surface area contributed by atoms with Crippen molar-refractivity contribution in [1.29, 1.82) is 0 Å². The Hall–Kier alpha value is -3.15. The van der Waals surface area contributed by atoms with Crippen molar-refractivity contribution in [2.24, 2.45) is 4.99 Å². The summed E-state index contributed by atoms with van der Waals surface area (Å²) in [6, 6.07) is 21.2. The van der Waals surface area contributed by atoms with Crippen LogP contribution in [0.15, 0.2) is 72.0 Å². The van der Waals surface area contributed by atoms with Crippen molar-refractivity contribution in [1.82, 2.24) is 25.4 Å². The molecule has 2 N–H and O–H groups in total. The Morgan fingerprint density at radius 3 is 2.53 bits per heavy atom. The molecule has 1 aromatic heterocycles. The molecule has 30 heavy (non-hydrogen) atoms. The zero-order valence-electron chi connectivity index (χ0n) is 18.0. The molecule has 0 bridgehead atoms. The third kappa shape index (κ3) is 6.72. The third-order valence-electron chi connectivity index (χ3n) is 5.05. The van der Waals surface area contributed by atoms with Gasteiger partial charge < -0.3 is 15.2 Å². The zero-order chi connectivity index (χ0) is 21.0. The summed E-state index contributed by atoms with van der Waals surface area (Å²) in [5.41, 5.74) is 2.59. The van der Waals surface area contributed by atoms with Gasteiger partial charge in [0.25, 0.3) is 0 Å². The molecule has 0 amide bonds. The summed E-state index contributed by atoms with van der Waals surface area (Å²) < 4.78 is 2.08. The molecule has 0 aliphatic heterocycles. The number of hydrogen-bond donors (Lipinski definition) is 2. The van der Waals surface area contributed by atoms with Crippen LogP contribution in [0.4, 0.5) is 0 Å². The molecule has 0 saturated heterocycles. The van der Waals surface area contributed by atoms with Crippen molar-refractivity contribution in [2.45, 2.75) is 45.7 Å². The lowest BCUT2D eigenvalue weighted by Gasteiger charge is -2.19. The van der Waals surface area contributed by atoms with Gasteiger partial charge in [-0.05, 0) is 30.9 Å². The van der Waals surface area contributed by atoms with Gasteiger partial charge in [-0.1, -0.05) is 67.6 Å². The van der Waals surface area contributed by atoms with Crippen LogP contribution in [0.25, 0.3) is 0 Å². The molecule has 6 nitrogen and oxygen atoms in total. The maximum Gasteiger partial charge on any atom is 0.191 e. The molecule has 0 aliphatic carbocycles. The molecule has 1 atom stereocenters. The van der Waals surface area contributed by atoms with Gasteiger partial charge in [0.15, 0.2) is 5.96 Å². The first-order valence-corrected chi connectivity index (χ1v) is 10.8. The molecule has 1 unspecified atom stereocenters. The topological polar surface area (TPSA) is 67.1 Å². The Kier molecular flexibility index (Phi) is 8.45. The third-order valence-corrected chi connectivity index (χ3v) is 5.05. The van der Waals surface area contributed by atoms with Crippen molar-refractivity contribution in [2.75, 3.05) is 13.1 Å². The Bertz CT molecular complexity index is 888. The van der Waals surface area contributed by atoms with Crippen molar-refractivity contribution in [3.05, 3.63) is 83.9 Å². The predicted octanol–water partition coefficient (Wildman–Crippen LogP) is 3.77. The van der Waals surface area contributed by atoms with Crippen molar-refractivity contribution in [3.63, 3.8) is 0 Å². The van der Waals surface area contributed by atoms with Gasteiger partial charge in [0.05, 0.1) is 6.04 Å². The first kappa shape index (κ1) is 21.6. The molecule has 0 radical (unpaired) electrons. The van der Waals surface area contributed by atoms with Crippen LogP contribution in [-0.4, -0.2) is 33.8 Å². The van der Waals surface area contributed by atoms with E-state index in [-0.39, 0.29) is 6.04 Å². The van der Waals surface area contributed by atoms with Crippen LogP contribution >= 0.6 is 0 Å². The second-order valence-corrected chi connectivity index (χ2v) is 7.32. The van der Waals surface area contributed by atoms with E-state index in [1.165, 1.54) is 11.1 Å². The molecule has 3 rings (SSSR count). The van der Waals surface area contributed by atoms with Crippen LogP contribution in [-0.2, 0) is 19.4 Å². The van der Waals surface area contributed by atoms with E-state index in [4.69, 9.17) is 4.99 Å². The van der Waals surface area contributed by atoms with Crippen molar-refractivity contribution < 1.29 is 0 Å². The van der Waals surface area contributed by atoms with E-state index in [0.717, 1.165) is 50.7 Å². The van der Waals surface area contributed by atoms with Gasteiger partial charge in [-0.15, -0.1) is 10.2 Å². The summed E-state index contributed by atoms with van der Waals surface area (Å²) in [5, 5.41) is 15.2. The minimum atomic E-state index is 0.174. The van der Waals surface area contributed by atoms with E-state index in [2.05, 4.69) is 93.8 Å². The predicted molar refractivity (Wildman–Crippen MR) is 122 cm³/mol. The zero-order valence-corrected chi connectivity index (χ0v) is 18.0. The van der Waals surface area contributed by atoms with Gasteiger partial charge in [-0.3, -0.25) is 4.99 Å². The highest BCUT2D eigenvalue weighted by Crippen LogP contribution is 2.11. The number of hydrogen-bond acceptors (Lipinski definition) is 3. The molecule has 6 heteroatoms. The van der Waals surface area contributed by atoms with Crippen molar-refractivity contribution >= 4 is 5.96 Å². The fraction of sp³-hybridized carbons (Fsp3) is 0.375. The molecule has 0 saturated carbocycles. The van der Waals surface area contributed by atoms with Crippen LogP contribution in [0, 0.1) is 0 Å². The fourth-order valence-corrected chi connectivity index (χ4v) is 3.34. The van der Waals surface area contributed by atoms with Gasteiger partial charge in [0.2, 0.25) is 0 Å². The first-order valence-electron chi connectivity index (χ1n) is 10.8. The Morgan fingerprint density at radius 1 is 1.07 bits per heavy atom. The highest BCUT2D eigenvalue weighted by atomic mass is 15.3. The summed E-state index contributed by atoms with van der Waals surface area (Å²) in [4.78, 5) is 4.82. The number of rotatable bonds is 10. The van der Waals surface area contributed by atoms with Gasteiger partial charge in [0.1, 0.15) is 12.2 Å². The summed E-state index contributed by atoms with van der Waals surface area (Å²) in [7, 11) is 0. The van der Waals surface area contributed by atoms with Gasteiger partial charge in [-0.25, -0.2) is 0 Å². The van der Waals surface area contributed by atoms with Gasteiger partial charge in [-0.2, -0.15) is 0 Å². The highest BCUT2D eigenvalue weighted by Gasteiger charge is 2.08. The number of aliphatic imine (C=N–C) groups is 1. The molecule has 1 heterocycles. The van der Waals surface area contributed by atoms with Crippen LogP contribution in [0.2, 0.25) is 0 Å². The summed E-state index contributed by atoms with van der Waals surface area (Å²) in [6.07, 6.45) is 4.72. The quantitative estimate of drug-likeness (QED) is 0.307. The lowest BCUT2D eigenvalue weighted by molar-refractivity contribution is 0.618. The van der Waals surface area contributed by atoms with Gasteiger partial charge in [0, 0.05) is 26.1 Å². The Labute approximate surface area is 179 Å². The average molecular weight is 405 g/mol. The number of nitrogens with zero attached hydrogens (tertiary/aromatic N) is 4. The van der Waals surface area contributed by atoms with Crippen molar-refractivity contribution in [3.8, 4) is 0 Å². The lowest BCUT2D eigenvalue weighted by Crippen LogP contribution is -2.40. The summed E-state index contributed by atoms with van der Waals surface area (Å²) >= 11 is 0. The van der Waals surface area contributed by atoms with Crippen LogP contribution in [0.5, 0.6) is 0 Å². The lowest BCUT2D eigenvalue weighted by atomic mass is 10.1. The van der Waals surface area contributed by atoms with E-state index in [9.17, 15) is 0 Å². The van der Waals surface area contributed by atoms with Crippen LogP contribution in [0.1, 0.15) is 43.3 Å². The average Bonchev–Trinajstić information content (AvgIpc) is 3.25. The van der Waals surface area contributed by atoms with E-state index >= 15 is 0 Å². The van der Waals surface area contributed by atoms with E-state index in [1.54, 1.807) is 6.33 Å². The summed E-state index contributed by atoms with van der Waals surface area (Å²) in [6.45, 7) is 6.60. The molecule has 3 aromatic rings. The molecule has 158 valence electrons. The molecule has 0 fully saturated rings. The Morgan fingerprint density at radius 2 is 1.80 bits per heavy atom. The molecule has 0 spiro atoms. The largest absolute Gasteiger partial charge is 0.355 e. The maximum absolute atomic E-state index is 4.82.